The molecule has 0 fully saturated rings. The van der Waals surface area contributed by atoms with Crippen molar-refractivity contribution in [2.24, 2.45) is 0 Å². The van der Waals surface area contributed by atoms with Crippen LogP contribution in [-0.2, 0) is 0 Å². The van der Waals surface area contributed by atoms with Gasteiger partial charge in [-0.3, -0.25) is 9.59 Å². The first kappa shape index (κ1) is 18.5. The number of nitrogens with zero attached hydrogens (tertiary/aromatic N) is 1. The highest BCUT2D eigenvalue weighted by Gasteiger charge is 2.18. The molecule has 1 atom stereocenters. The van der Waals surface area contributed by atoms with Gasteiger partial charge in [-0.2, -0.15) is 0 Å². The van der Waals surface area contributed by atoms with E-state index >= 15 is 0 Å². The molecule has 0 spiro atoms. The van der Waals surface area contributed by atoms with E-state index in [0.717, 1.165) is 5.56 Å². The van der Waals surface area contributed by atoms with Gasteiger partial charge in [-0.05, 0) is 18.6 Å². The molecule has 1 aromatic heterocycles. The molecule has 1 heterocycles. The highest BCUT2D eigenvalue weighted by atomic mass is 16.3. The normalized spacial score (nSPS) is 12.6. The molecule has 6 heteroatoms. The van der Waals surface area contributed by atoms with Gasteiger partial charge >= 0.3 is 0 Å². The molecule has 132 valence electrons. The maximum Gasteiger partial charge on any atom is 0.268 e. The smallest absolute Gasteiger partial charge is 0.268 e. The van der Waals surface area contributed by atoms with Crippen LogP contribution < -0.4 is 5.32 Å². The number of benzene rings is 1. The highest BCUT2D eigenvalue weighted by molar-refractivity contribution is 6.09. The molecular formula is C19H23N3O3. The average molecular weight is 341 g/mol. The first-order valence-electron chi connectivity index (χ1n) is 7.97. The molecule has 2 aromatic rings. The molecule has 6 nitrogen and oxygen atoms in total. The molecule has 1 aromatic carbocycles. The summed E-state index contributed by atoms with van der Waals surface area (Å²) >= 11 is 0. The number of allylic oxidation sites excluding steroid dienone is 1. The molecule has 3 N–H and O–H groups in total. The van der Waals surface area contributed by atoms with Gasteiger partial charge in [0.15, 0.2) is 5.78 Å². The molecule has 2 rings (SSSR count). The van der Waals surface area contributed by atoms with Crippen LogP contribution in [0.3, 0.4) is 0 Å². The Hall–Kier alpha value is -2.86. The van der Waals surface area contributed by atoms with Crippen LogP contribution in [0.4, 0.5) is 0 Å². The fourth-order valence-corrected chi connectivity index (χ4v) is 2.49. The number of aliphatic hydroxyl groups excluding tert-OH is 1. The summed E-state index contributed by atoms with van der Waals surface area (Å²) in [5.41, 5.74) is 2.08. The van der Waals surface area contributed by atoms with Gasteiger partial charge in [0.2, 0.25) is 0 Å². The molecule has 0 radical (unpaired) electrons. The van der Waals surface area contributed by atoms with E-state index < -0.39 is 6.04 Å². The van der Waals surface area contributed by atoms with E-state index in [1.54, 1.807) is 18.0 Å². The highest BCUT2D eigenvalue weighted by Crippen LogP contribution is 2.14. The van der Waals surface area contributed by atoms with E-state index in [9.17, 15) is 14.7 Å². The van der Waals surface area contributed by atoms with Crippen molar-refractivity contribution in [3.05, 3.63) is 71.2 Å². The lowest BCUT2D eigenvalue weighted by Gasteiger charge is -2.16. The number of aliphatic hydroxyl groups is 1. The first-order chi connectivity index (χ1) is 11.9. The molecule has 0 unspecified atom stereocenters. The van der Waals surface area contributed by atoms with Gasteiger partial charge in [0.05, 0.1) is 12.6 Å². The lowest BCUT2D eigenvalue weighted by atomic mass is 10.1. The number of H-pyrrole nitrogens is 1. The van der Waals surface area contributed by atoms with Gasteiger partial charge in [0.25, 0.3) is 5.91 Å². The van der Waals surface area contributed by atoms with Crippen LogP contribution in [0, 0.1) is 0 Å². The number of aromatic nitrogens is 1. The van der Waals surface area contributed by atoms with E-state index in [1.165, 1.54) is 12.3 Å². The number of carbonyl (C=O) groups excluding carboxylic acids is 2. The molecular weight excluding hydrogens is 318 g/mol. The number of nitrogens with one attached hydrogen (secondary N) is 2. The second-order valence-electron chi connectivity index (χ2n) is 6.03. The van der Waals surface area contributed by atoms with Crippen molar-refractivity contribution in [2.75, 3.05) is 20.7 Å². The molecule has 0 aliphatic carbocycles. The molecule has 1 amide bonds. The third-order valence-electron chi connectivity index (χ3n) is 3.69. The number of Topliss-reactive ketones (excluding diaryl/α,β-unsaturated/α-hetero) is 1. The molecule has 0 saturated heterocycles. The van der Waals surface area contributed by atoms with E-state index in [2.05, 4.69) is 10.3 Å². The number of amides is 1. The monoisotopic (exact) mass is 341 g/mol. The minimum Gasteiger partial charge on any atom is -0.394 e. The van der Waals surface area contributed by atoms with Gasteiger partial charge in [0.1, 0.15) is 5.69 Å². The maximum absolute atomic E-state index is 12.4. The molecule has 0 saturated carbocycles. The lowest BCUT2D eigenvalue weighted by Crippen LogP contribution is -2.31. The Kier molecular flexibility index (Phi) is 6.14. The maximum atomic E-state index is 12.4. The van der Waals surface area contributed by atoms with Crippen molar-refractivity contribution in [1.82, 2.24) is 15.2 Å². The summed E-state index contributed by atoms with van der Waals surface area (Å²) in [6.45, 7) is 1.51. The van der Waals surface area contributed by atoms with Gasteiger partial charge in [-0.1, -0.05) is 30.3 Å². The second-order valence-corrected chi connectivity index (χ2v) is 6.03. The Labute approximate surface area is 147 Å². The lowest BCUT2D eigenvalue weighted by molar-refractivity contribution is 0.0911. The minimum absolute atomic E-state index is 0.147. The van der Waals surface area contributed by atoms with Crippen LogP contribution in [0.5, 0.6) is 0 Å². The number of carbonyl (C=O) groups is 2. The van der Waals surface area contributed by atoms with E-state index in [4.69, 9.17) is 0 Å². The zero-order chi connectivity index (χ0) is 18.4. The standard InChI is InChI=1S/C19H23N3O3/c1-13(11-22(2)3)18(24)15-9-16(20-10-15)19(25)21-17(12-23)14-7-5-4-6-8-14/h4-11,17,20,23H,12H2,1-3H3,(H,21,25)/t17-/m1/s1. The van der Waals surface area contributed by atoms with Crippen LogP contribution in [0.25, 0.3) is 0 Å². The molecule has 0 aliphatic rings. The fraction of sp³-hybridized carbons (Fsp3) is 0.263. The number of aromatic amines is 1. The molecule has 25 heavy (non-hydrogen) atoms. The van der Waals surface area contributed by atoms with E-state index in [0.29, 0.717) is 11.1 Å². The third-order valence-corrected chi connectivity index (χ3v) is 3.69. The summed E-state index contributed by atoms with van der Waals surface area (Å²) in [7, 11) is 3.68. The summed E-state index contributed by atoms with van der Waals surface area (Å²) in [6, 6.07) is 10.2. The number of hydrogen-bond acceptors (Lipinski definition) is 4. The Morgan fingerprint density at radius 3 is 2.56 bits per heavy atom. The summed E-state index contributed by atoms with van der Waals surface area (Å²) in [5, 5.41) is 12.3. The van der Waals surface area contributed by atoms with Crippen LogP contribution >= 0.6 is 0 Å². The van der Waals surface area contributed by atoms with Crippen molar-refractivity contribution in [3.8, 4) is 0 Å². The van der Waals surface area contributed by atoms with Crippen molar-refractivity contribution in [2.45, 2.75) is 13.0 Å². The Morgan fingerprint density at radius 1 is 1.28 bits per heavy atom. The second kappa shape index (κ2) is 8.30. The van der Waals surface area contributed by atoms with Crippen LogP contribution in [-0.4, -0.2) is 47.4 Å². The summed E-state index contributed by atoms with van der Waals surface area (Å²) < 4.78 is 0. The quantitative estimate of drug-likeness (QED) is 0.532. The van der Waals surface area contributed by atoms with Crippen molar-refractivity contribution in [3.63, 3.8) is 0 Å². The van der Waals surface area contributed by atoms with Crippen LogP contribution in [0.2, 0.25) is 0 Å². The molecule has 0 aliphatic heterocycles. The van der Waals surface area contributed by atoms with Crippen molar-refractivity contribution >= 4 is 11.7 Å². The van der Waals surface area contributed by atoms with Gasteiger partial charge in [-0.25, -0.2) is 0 Å². The third kappa shape index (κ3) is 4.81. The minimum atomic E-state index is -0.508. The predicted octanol–water partition coefficient (Wildman–Crippen LogP) is 2.13. The first-order valence-corrected chi connectivity index (χ1v) is 7.97. The number of hydrogen-bond donors (Lipinski definition) is 3. The van der Waals surface area contributed by atoms with E-state index in [1.807, 2.05) is 44.4 Å². The SMILES string of the molecule is CC(=CN(C)C)C(=O)c1c[nH]c(C(=O)N[C@H](CO)c2ccccc2)c1. The van der Waals surface area contributed by atoms with Crippen LogP contribution in [0.15, 0.2) is 54.4 Å². The largest absolute Gasteiger partial charge is 0.394 e. The predicted molar refractivity (Wildman–Crippen MR) is 96.3 cm³/mol. The van der Waals surface area contributed by atoms with Gasteiger partial charge < -0.3 is 20.3 Å². The fourth-order valence-electron chi connectivity index (χ4n) is 2.49. The Balaban J connectivity index is 2.11. The van der Waals surface area contributed by atoms with Crippen LogP contribution in [0.1, 0.15) is 39.4 Å². The Bertz CT molecular complexity index is 763. The molecule has 0 bridgehead atoms. The van der Waals surface area contributed by atoms with Crippen molar-refractivity contribution in [1.29, 1.82) is 0 Å². The zero-order valence-electron chi connectivity index (χ0n) is 14.6. The summed E-state index contributed by atoms with van der Waals surface area (Å²) in [5.74, 6) is -0.526. The van der Waals surface area contributed by atoms with Gasteiger partial charge in [0, 0.05) is 37.6 Å². The van der Waals surface area contributed by atoms with Crippen molar-refractivity contribution < 1.29 is 14.7 Å². The zero-order valence-corrected chi connectivity index (χ0v) is 14.6. The number of rotatable bonds is 7. The summed E-state index contributed by atoms with van der Waals surface area (Å²) in [4.78, 5) is 29.3. The Morgan fingerprint density at radius 2 is 1.96 bits per heavy atom. The van der Waals surface area contributed by atoms with E-state index in [-0.39, 0.29) is 24.0 Å². The number of ketones is 1. The summed E-state index contributed by atoms with van der Waals surface area (Å²) in [6.07, 6.45) is 3.24. The average Bonchev–Trinajstić information content (AvgIpc) is 3.09. The van der Waals surface area contributed by atoms with Gasteiger partial charge in [-0.15, -0.1) is 0 Å². The topological polar surface area (TPSA) is 85.4 Å².